The number of hydrogen-bond acceptors (Lipinski definition) is 3. The number of rotatable bonds is 1. The third kappa shape index (κ3) is 1.99. The van der Waals surface area contributed by atoms with Gasteiger partial charge in [0.15, 0.2) is 0 Å². The van der Waals surface area contributed by atoms with Crippen molar-refractivity contribution in [2.75, 3.05) is 0 Å². The van der Waals surface area contributed by atoms with Gasteiger partial charge >= 0.3 is 6.18 Å². The molecule has 0 aliphatic heterocycles. The number of hydrogen-bond donors (Lipinski definition) is 0. The number of nitrogens with zero attached hydrogens (tertiary/aromatic N) is 2. The molecular formula is C9H6ClF3N2S. The van der Waals surface area contributed by atoms with E-state index >= 15 is 0 Å². The maximum Gasteiger partial charge on any atom is 0.425 e. The summed E-state index contributed by atoms with van der Waals surface area (Å²) in [7, 11) is 0. The van der Waals surface area contributed by atoms with E-state index in [9.17, 15) is 13.2 Å². The third-order valence-corrected chi connectivity index (χ3v) is 3.35. The number of thiophene rings is 1. The lowest BCUT2D eigenvalue weighted by molar-refractivity contribution is -0.134. The minimum absolute atomic E-state index is 0.0774. The van der Waals surface area contributed by atoms with Crippen LogP contribution in [0.15, 0.2) is 6.07 Å². The molecule has 0 amide bonds. The molecule has 0 radical (unpaired) electrons. The largest absolute Gasteiger partial charge is 0.425 e. The van der Waals surface area contributed by atoms with Gasteiger partial charge in [-0.25, -0.2) is 9.97 Å². The van der Waals surface area contributed by atoms with Gasteiger partial charge in [-0.05, 0) is 6.07 Å². The highest BCUT2D eigenvalue weighted by molar-refractivity contribution is 7.18. The van der Waals surface area contributed by atoms with Gasteiger partial charge in [-0.15, -0.1) is 11.3 Å². The van der Waals surface area contributed by atoms with Crippen LogP contribution in [0.2, 0.25) is 5.15 Å². The van der Waals surface area contributed by atoms with E-state index in [1.807, 2.05) is 6.92 Å². The summed E-state index contributed by atoms with van der Waals surface area (Å²) in [4.78, 5) is 7.50. The first-order chi connectivity index (χ1) is 7.41. The highest BCUT2D eigenvalue weighted by atomic mass is 35.5. The molecule has 2 heterocycles. The zero-order chi connectivity index (χ0) is 11.9. The van der Waals surface area contributed by atoms with Crippen LogP contribution in [0.3, 0.4) is 0 Å². The molecule has 0 aliphatic rings. The zero-order valence-electron chi connectivity index (χ0n) is 8.10. The summed E-state index contributed by atoms with van der Waals surface area (Å²) < 4.78 is 37.4. The normalized spacial score (nSPS) is 12.3. The van der Waals surface area contributed by atoms with Gasteiger partial charge in [0, 0.05) is 11.8 Å². The van der Waals surface area contributed by atoms with Crippen LogP contribution in [0.25, 0.3) is 10.2 Å². The Morgan fingerprint density at radius 3 is 2.62 bits per heavy atom. The molecule has 0 spiro atoms. The molecule has 2 aromatic rings. The number of aromatic nitrogens is 2. The first-order valence-electron chi connectivity index (χ1n) is 4.45. The topological polar surface area (TPSA) is 25.8 Å². The Bertz CT molecular complexity index is 535. The second kappa shape index (κ2) is 3.85. The highest BCUT2D eigenvalue weighted by Crippen LogP contribution is 2.38. The number of alkyl halides is 3. The molecule has 7 heteroatoms. The standard InChI is InChI=1S/C9H6ClF3N2S/c1-2-6-14-7(10)4-3-5(9(11,12)13)16-8(4)15-6/h3H,2H2,1H3. The molecule has 86 valence electrons. The second-order valence-corrected chi connectivity index (χ2v) is 4.50. The lowest BCUT2D eigenvalue weighted by Gasteiger charge is -1.99. The summed E-state index contributed by atoms with van der Waals surface area (Å²) >= 11 is 6.38. The number of halogens is 4. The van der Waals surface area contributed by atoms with Gasteiger partial charge < -0.3 is 0 Å². The van der Waals surface area contributed by atoms with Crippen LogP contribution in [0.5, 0.6) is 0 Å². The average molecular weight is 267 g/mol. The van der Waals surface area contributed by atoms with Gasteiger partial charge in [-0.2, -0.15) is 13.2 Å². The molecule has 0 fully saturated rings. The van der Waals surface area contributed by atoms with Crippen molar-refractivity contribution in [1.82, 2.24) is 9.97 Å². The van der Waals surface area contributed by atoms with Crippen molar-refractivity contribution in [3.8, 4) is 0 Å². The molecule has 0 aliphatic carbocycles. The molecule has 0 bridgehead atoms. The van der Waals surface area contributed by atoms with Crippen LogP contribution in [0.1, 0.15) is 17.6 Å². The average Bonchev–Trinajstić information content (AvgIpc) is 2.61. The van der Waals surface area contributed by atoms with E-state index in [4.69, 9.17) is 11.6 Å². The molecule has 0 N–H and O–H groups in total. The predicted octanol–water partition coefficient (Wildman–Crippen LogP) is 3.93. The fraction of sp³-hybridized carbons (Fsp3) is 0.333. The Hall–Kier alpha value is -0.880. The van der Waals surface area contributed by atoms with Crippen molar-refractivity contribution < 1.29 is 13.2 Å². The van der Waals surface area contributed by atoms with E-state index in [1.54, 1.807) is 0 Å². The van der Waals surface area contributed by atoms with Gasteiger partial charge in [-0.3, -0.25) is 0 Å². The van der Waals surface area contributed by atoms with Crippen molar-refractivity contribution in [2.45, 2.75) is 19.5 Å². The molecule has 0 atom stereocenters. The SMILES string of the molecule is CCc1nc(Cl)c2cc(C(F)(F)F)sc2n1. The Morgan fingerprint density at radius 2 is 2.06 bits per heavy atom. The van der Waals surface area contributed by atoms with Crippen molar-refractivity contribution >= 4 is 33.2 Å². The van der Waals surface area contributed by atoms with Crippen LogP contribution >= 0.6 is 22.9 Å². The molecule has 0 saturated carbocycles. The minimum Gasteiger partial charge on any atom is -0.222 e. The van der Waals surface area contributed by atoms with Gasteiger partial charge in [-0.1, -0.05) is 18.5 Å². The highest BCUT2D eigenvalue weighted by Gasteiger charge is 2.33. The van der Waals surface area contributed by atoms with Crippen molar-refractivity contribution in [3.63, 3.8) is 0 Å². The van der Waals surface area contributed by atoms with Crippen LogP contribution in [-0.4, -0.2) is 9.97 Å². The number of fused-ring (bicyclic) bond motifs is 1. The predicted molar refractivity (Wildman–Crippen MR) is 56.8 cm³/mol. The molecular weight excluding hydrogens is 261 g/mol. The minimum atomic E-state index is -4.36. The van der Waals surface area contributed by atoms with E-state index in [2.05, 4.69) is 9.97 Å². The van der Waals surface area contributed by atoms with Crippen molar-refractivity contribution in [3.05, 3.63) is 21.9 Å². The Kier molecular flexibility index (Phi) is 2.79. The molecule has 2 aromatic heterocycles. The summed E-state index contributed by atoms with van der Waals surface area (Å²) in [5.41, 5.74) is 0. The first kappa shape index (κ1) is 11.6. The van der Waals surface area contributed by atoms with Crippen LogP contribution in [0, 0.1) is 0 Å². The van der Waals surface area contributed by atoms with Crippen LogP contribution in [-0.2, 0) is 12.6 Å². The molecule has 16 heavy (non-hydrogen) atoms. The fourth-order valence-electron chi connectivity index (χ4n) is 1.23. The smallest absolute Gasteiger partial charge is 0.222 e. The Morgan fingerprint density at radius 1 is 1.38 bits per heavy atom. The Balaban J connectivity index is 2.66. The Labute approximate surface area is 98.1 Å². The molecule has 2 nitrogen and oxygen atoms in total. The summed E-state index contributed by atoms with van der Waals surface area (Å²) in [6, 6.07) is 0.988. The van der Waals surface area contributed by atoms with Crippen LogP contribution in [0.4, 0.5) is 13.2 Å². The lowest BCUT2D eigenvalue weighted by atomic mass is 10.3. The van der Waals surface area contributed by atoms with Gasteiger partial charge in [0.1, 0.15) is 20.7 Å². The molecule has 0 unspecified atom stereocenters. The van der Waals surface area contributed by atoms with E-state index in [1.165, 1.54) is 0 Å². The van der Waals surface area contributed by atoms with Crippen molar-refractivity contribution in [2.24, 2.45) is 0 Å². The van der Waals surface area contributed by atoms with Gasteiger partial charge in [0.05, 0.1) is 0 Å². The fourth-order valence-corrected chi connectivity index (χ4v) is 2.44. The van der Waals surface area contributed by atoms with Gasteiger partial charge in [0.25, 0.3) is 0 Å². The maximum absolute atomic E-state index is 12.5. The van der Waals surface area contributed by atoms with E-state index in [0.29, 0.717) is 23.6 Å². The zero-order valence-corrected chi connectivity index (χ0v) is 9.67. The van der Waals surface area contributed by atoms with Gasteiger partial charge in [0.2, 0.25) is 0 Å². The van der Waals surface area contributed by atoms with E-state index in [0.717, 1.165) is 6.07 Å². The molecule has 0 aromatic carbocycles. The van der Waals surface area contributed by atoms with E-state index in [-0.39, 0.29) is 15.4 Å². The van der Waals surface area contributed by atoms with E-state index < -0.39 is 11.1 Å². The first-order valence-corrected chi connectivity index (χ1v) is 5.64. The number of aryl methyl sites for hydroxylation is 1. The summed E-state index contributed by atoms with van der Waals surface area (Å²) in [5, 5.41) is 0.338. The second-order valence-electron chi connectivity index (χ2n) is 3.11. The van der Waals surface area contributed by atoms with Crippen LogP contribution < -0.4 is 0 Å². The monoisotopic (exact) mass is 266 g/mol. The third-order valence-electron chi connectivity index (χ3n) is 1.99. The summed E-state index contributed by atoms with van der Waals surface area (Å²) in [6.45, 7) is 1.82. The van der Waals surface area contributed by atoms with Crippen molar-refractivity contribution in [1.29, 1.82) is 0 Å². The lowest BCUT2D eigenvalue weighted by Crippen LogP contribution is -2.00. The molecule has 0 saturated heterocycles. The quantitative estimate of drug-likeness (QED) is 0.731. The maximum atomic E-state index is 12.5. The summed E-state index contributed by atoms with van der Waals surface area (Å²) in [6.07, 6.45) is -3.82. The summed E-state index contributed by atoms with van der Waals surface area (Å²) in [5.74, 6) is 0.452. The molecule has 2 rings (SSSR count).